The Bertz CT molecular complexity index is 513. The summed E-state index contributed by atoms with van der Waals surface area (Å²) in [4.78, 5) is 23.5. The average Bonchev–Trinajstić information content (AvgIpc) is 2.47. The second kappa shape index (κ2) is 6.72. The minimum atomic E-state index is -0.496. The summed E-state index contributed by atoms with van der Waals surface area (Å²) < 4.78 is 4.61. The van der Waals surface area contributed by atoms with Gasteiger partial charge in [-0.05, 0) is 37.6 Å². The normalized spacial score (nSPS) is 18.4. The summed E-state index contributed by atoms with van der Waals surface area (Å²) in [6.07, 6.45) is 1.88. The Hall–Kier alpha value is -1.59. The first-order valence-electron chi connectivity index (χ1n) is 6.51. The van der Waals surface area contributed by atoms with Crippen molar-refractivity contribution in [3.05, 3.63) is 28.8 Å². The van der Waals surface area contributed by atoms with Gasteiger partial charge >= 0.3 is 5.97 Å². The van der Waals surface area contributed by atoms with Crippen molar-refractivity contribution in [3.8, 4) is 0 Å². The number of benzene rings is 1. The molecule has 0 bridgehead atoms. The van der Waals surface area contributed by atoms with Gasteiger partial charge in [0.05, 0.1) is 23.6 Å². The Morgan fingerprint density at radius 1 is 1.45 bits per heavy atom. The topological polar surface area (TPSA) is 67.4 Å². The van der Waals surface area contributed by atoms with E-state index in [9.17, 15) is 9.59 Å². The molecule has 1 unspecified atom stereocenters. The van der Waals surface area contributed by atoms with Crippen LogP contribution in [-0.4, -0.2) is 32.1 Å². The summed E-state index contributed by atoms with van der Waals surface area (Å²) in [7, 11) is 1.30. The van der Waals surface area contributed by atoms with Gasteiger partial charge in [-0.15, -0.1) is 0 Å². The minimum absolute atomic E-state index is 0.0252. The van der Waals surface area contributed by atoms with E-state index in [1.54, 1.807) is 18.2 Å². The Labute approximate surface area is 122 Å². The molecule has 1 amide bonds. The van der Waals surface area contributed by atoms with Crippen LogP contribution in [0.5, 0.6) is 0 Å². The van der Waals surface area contributed by atoms with Crippen LogP contribution in [0, 0.1) is 5.92 Å². The number of ether oxygens (including phenoxy) is 1. The molecule has 1 aromatic carbocycles. The molecule has 2 rings (SSSR count). The average molecular weight is 297 g/mol. The predicted molar refractivity (Wildman–Crippen MR) is 77.0 cm³/mol. The first kappa shape index (κ1) is 14.8. The molecule has 0 saturated carbocycles. The maximum Gasteiger partial charge on any atom is 0.339 e. The van der Waals surface area contributed by atoms with E-state index >= 15 is 0 Å². The molecule has 0 spiro atoms. The van der Waals surface area contributed by atoms with Gasteiger partial charge in [0.25, 0.3) is 0 Å². The lowest BCUT2D eigenvalue weighted by Gasteiger charge is -2.22. The van der Waals surface area contributed by atoms with E-state index in [0.717, 1.165) is 19.4 Å². The first-order valence-corrected chi connectivity index (χ1v) is 6.89. The maximum atomic E-state index is 12.1. The smallest absolute Gasteiger partial charge is 0.339 e. The van der Waals surface area contributed by atoms with Crippen LogP contribution in [0.4, 0.5) is 5.69 Å². The SMILES string of the molecule is COC(=O)c1ccc(NC(=O)C2CCCNC2)cc1Cl. The third-order valence-corrected chi connectivity index (χ3v) is 3.62. The fourth-order valence-corrected chi connectivity index (χ4v) is 2.45. The summed E-state index contributed by atoms with van der Waals surface area (Å²) >= 11 is 6.01. The lowest BCUT2D eigenvalue weighted by molar-refractivity contribution is -0.120. The number of hydrogen-bond donors (Lipinski definition) is 2. The minimum Gasteiger partial charge on any atom is -0.465 e. The van der Waals surface area contributed by atoms with E-state index in [-0.39, 0.29) is 22.4 Å². The monoisotopic (exact) mass is 296 g/mol. The molecule has 5 nitrogen and oxygen atoms in total. The number of carbonyl (C=O) groups excluding carboxylic acids is 2. The van der Waals surface area contributed by atoms with E-state index in [4.69, 9.17) is 11.6 Å². The predicted octanol–water partition coefficient (Wildman–Crippen LogP) is 2.06. The van der Waals surface area contributed by atoms with Gasteiger partial charge in [-0.25, -0.2) is 4.79 Å². The Morgan fingerprint density at radius 2 is 2.25 bits per heavy atom. The van der Waals surface area contributed by atoms with Gasteiger partial charge in [-0.2, -0.15) is 0 Å². The van der Waals surface area contributed by atoms with E-state index in [1.165, 1.54) is 7.11 Å². The molecular formula is C14H17ClN2O3. The van der Waals surface area contributed by atoms with Crippen molar-refractivity contribution in [1.29, 1.82) is 0 Å². The quantitative estimate of drug-likeness (QED) is 0.838. The van der Waals surface area contributed by atoms with Gasteiger partial charge in [-0.3, -0.25) is 4.79 Å². The molecule has 1 heterocycles. The molecule has 1 aromatic rings. The van der Waals surface area contributed by atoms with Gasteiger partial charge in [0.15, 0.2) is 0 Å². The van der Waals surface area contributed by atoms with Crippen LogP contribution < -0.4 is 10.6 Å². The van der Waals surface area contributed by atoms with Crippen molar-refractivity contribution in [2.75, 3.05) is 25.5 Å². The van der Waals surface area contributed by atoms with Gasteiger partial charge in [-0.1, -0.05) is 11.6 Å². The van der Waals surface area contributed by atoms with Crippen LogP contribution in [0.15, 0.2) is 18.2 Å². The highest BCUT2D eigenvalue weighted by atomic mass is 35.5. The summed E-state index contributed by atoms with van der Waals surface area (Å²) in [5, 5.41) is 6.28. The van der Waals surface area contributed by atoms with E-state index in [2.05, 4.69) is 15.4 Å². The van der Waals surface area contributed by atoms with Crippen molar-refractivity contribution in [2.24, 2.45) is 5.92 Å². The molecule has 0 aliphatic carbocycles. The number of hydrogen-bond acceptors (Lipinski definition) is 4. The molecule has 20 heavy (non-hydrogen) atoms. The van der Waals surface area contributed by atoms with Crippen molar-refractivity contribution >= 4 is 29.2 Å². The van der Waals surface area contributed by atoms with Crippen molar-refractivity contribution in [2.45, 2.75) is 12.8 Å². The fraction of sp³-hybridized carbons (Fsp3) is 0.429. The third-order valence-electron chi connectivity index (χ3n) is 3.31. The van der Waals surface area contributed by atoms with E-state index in [0.29, 0.717) is 12.2 Å². The summed E-state index contributed by atoms with van der Waals surface area (Å²) in [6, 6.07) is 4.75. The van der Waals surface area contributed by atoms with Gasteiger partial charge in [0.2, 0.25) is 5.91 Å². The van der Waals surface area contributed by atoms with Crippen molar-refractivity contribution < 1.29 is 14.3 Å². The largest absolute Gasteiger partial charge is 0.465 e. The molecule has 108 valence electrons. The highest BCUT2D eigenvalue weighted by Crippen LogP contribution is 2.22. The number of esters is 1. The van der Waals surface area contributed by atoms with Crippen molar-refractivity contribution in [3.63, 3.8) is 0 Å². The van der Waals surface area contributed by atoms with E-state index < -0.39 is 5.97 Å². The highest BCUT2D eigenvalue weighted by Gasteiger charge is 2.21. The van der Waals surface area contributed by atoms with Gasteiger partial charge in [0, 0.05) is 12.2 Å². The standard InChI is InChI=1S/C14H17ClN2O3/c1-20-14(19)11-5-4-10(7-12(11)15)17-13(18)9-3-2-6-16-8-9/h4-5,7,9,16H,2-3,6,8H2,1H3,(H,17,18). The lowest BCUT2D eigenvalue weighted by atomic mass is 9.99. The Balaban J connectivity index is 2.04. The fourth-order valence-electron chi connectivity index (χ4n) is 2.19. The molecule has 0 radical (unpaired) electrons. The number of nitrogens with one attached hydrogen (secondary N) is 2. The Kier molecular flexibility index (Phi) is 4.98. The van der Waals surface area contributed by atoms with Crippen LogP contribution in [0.3, 0.4) is 0 Å². The zero-order chi connectivity index (χ0) is 14.5. The highest BCUT2D eigenvalue weighted by molar-refractivity contribution is 6.34. The summed E-state index contributed by atoms with van der Waals surface area (Å²) in [5.74, 6) is -0.550. The number of piperidine rings is 1. The molecule has 1 aliphatic heterocycles. The second-order valence-electron chi connectivity index (χ2n) is 4.72. The van der Waals surface area contributed by atoms with Crippen LogP contribution in [0.2, 0.25) is 5.02 Å². The van der Waals surface area contributed by atoms with Gasteiger partial charge < -0.3 is 15.4 Å². The zero-order valence-corrected chi connectivity index (χ0v) is 12.0. The van der Waals surface area contributed by atoms with Crippen LogP contribution in [0.1, 0.15) is 23.2 Å². The zero-order valence-electron chi connectivity index (χ0n) is 11.2. The molecule has 1 aliphatic rings. The number of carbonyl (C=O) groups is 2. The summed E-state index contributed by atoms with van der Waals surface area (Å²) in [6.45, 7) is 1.66. The van der Waals surface area contributed by atoms with Gasteiger partial charge in [0.1, 0.15) is 0 Å². The molecule has 1 fully saturated rings. The number of amides is 1. The second-order valence-corrected chi connectivity index (χ2v) is 5.13. The molecular weight excluding hydrogens is 280 g/mol. The van der Waals surface area contributed by atoms with Crippen LogP contribution in [-0.2, 0) is 9.53 Å². The molecule has 2 N–H and O–H groups in total. The molecule has 1 saturated heterocycles. The number of anilines is 1. The number of rotatable bonds is 3. The number of methoxy groups -OCH3 is 1. The molecule has 1 atom stereocenters. The molecule has 0 aromatic heterocycles. The first-order chi connectivity index (χ1) is 9.61. The van der Waals surface area contributed by atoms with Crippen LogP contribution in [0.25, 0.3) is 0 Å². The Morgan fingerprint density at radius 3 is 2.85 bits per heavy atom. The van der Waals surface area contributed by atoms with Crippen molar-refractivity contribution in [1.82, 2.24) is 5.32 Å². The maximum absolute atomic E-state index is 12.1. The lowest BCUT2D eigenvalue weighted by Crippen LogP contribution is -2.37. The molecule has 6 heteroatoms. The third kappa shape index (κ3) is 3.49. The van der Waals surface area contributed by atoms with E-state index in [1.807, 2.05) is 0 Å². The summed E-state index contributed by atoms with van der Waals surface area (Å²) in [5.41, 5.74) is 0.865. The number of halogens is 1. The van der Waals surface area contributed by atoms with Crippen LogP contribution >= 0.6 is 11.6 Å².